The van der Waals surface area contributed by atoms with Crippen LogP contribution in [0.5, 0.6) is 0 Å². The number of hydrogen-bond donors (Lipinski definition) is 0. The van der Waals surface area contributed by atoms with Crippen molar-refractivity contribution in [3.8, 4) is 0 Å². The van der Waals surface area contributed by atoms with Crippen LogP contribution in [0.15, 0.2) is 172 Å². The summed E-state index contributed by atoms with van der Waals surface area (Å²) in [5.74, 6) is 0. The van der Waals surface area contributed by atoms with Crippen molar-refractivity contribution in [1.29, 1.82) is 0 Å². The number of rotatable bonds is 12. The summed E-state index contributed by atoms with van der Waals surface area (Å²) in [6, 6.07) is 52.1. The number of hydrogen-bond acceptors (Lipinski definition) is 18. The van der Waals surface area contributed by atoms with Gasteiger partial charge >= 0.3 is 0 Å². The van der Waals surface area contributed by atoms with E-state index in [0.717, 1.165) is 97.7 Å². The molecule has 384 valence electrons. The van der Waals surface area contributed by atoms with Gasteiger partial charge in [0, 0.05) is 31.5 Å². The van der Waals surface area contributed by atoms with Gasteiger partial charge in [0.2, 0.25) is 0 Å². The number of thioether (sulfide) groups is 6. The third kappa shape index (κ3) is 9.35. The molecule has 3 aliphatic carbocycles. The zero-order valence-electron chi connectivity index (χ0n) is 41.1. The molecule has 0 fully saturated rings. The van der Waals surface area contributed by atoms with Crippen molar-refractivity contribution in [2.75, 3.05) is 0 Å². The maximum Gasteiger partial charge on any atom is 0.151 e. The van der Waals surface area contributed by atoms with Gasteiger partial charge in [-0.1, -0.05) is 143 Å². The van der Waals surface area contributed by atoms with E-state index in [9.17, 15) is 0 Å². The van der Waals surface area contributed by atoms with Crippen molar-refractivity contribution < 1.29 is 0 Å². The fourth-order valence-corrected chi connectivity index (χ4v) is 26.7. The lowest BCUT2D eigenvalue weighted by atomic mass is 9.71. The highest BCUT2D eigenvalue weighted by molar-refractivity contribution is 8.03. The second kappa shape index (κ2) is 21.1. The molecule has 16 rings (SSSR count). The second-order valence-corrected chi connectivity index (χ2v) is 34.4. The molecular formula is C60H42N6S12. The highest BCUT2D eigenvalue weighted by Gasteiger charge is 2.47. The van der Waals surface area contributed by atoms with Crippen LogP contribution in [-0.4, -0.2) is 29.9 Å². The molecule has 0 aliphatic heterocycles. The van der Waals surface area contributed by atoms with Crippen LogP contribution in [0.2, 0.25) is 0 Å². The topological polar surface area (TPSA) is 77.3 Å². The van der Waals surface area contributed by atoms with Gasteiger partial charge in [-0.3, -0.25) is 0 Å². The maximum absolute atomic E-state index is 5.38. The van der Waals surface area contributed by atoms with E-state index in [1.807, 2.05) is 139 Å². The number of fused-ring (bicyclic) bond motifs is 12. The van der Waals surface area contributed by atoms with Crippen LogP contribution in [0, 0.1) is 0 Å². The van der Waals surface area contributed by atoms with Crippen molar-refractivity contribution in [2.24, 2.45) is 0 Å². The van der Waals surface area contributed by atoms with E-state index in [4.69, 9.17) is 29.9 Å². The summed E-state index contributed by atoms with van der Waals surface area (Å²) in [6.45, 7) is 0. The molecule has 6 atom stereocenters. The molecule has 6 heterocycles. The SMILES string of the molecule is c1ccc2sc(S[C@H]3CC[C@H](Sc4nc5ccccc5s4)c4c3c3c(c5c4[C@@H](Sc4nc6ccccc6s4)CC[C@@H]5Sc4nc5ccccc5s4)[C@@H](Sc4nc5ccccc5s4)CC[C@@H]3Sc3nc4ccccc4s3)nc2c1. The molecule has 3 aliphatic rings. The lowest BCUT2D eigenvalue weighted by Crippen LogP contribution is -2.28. The van der Waals surface area contributed by atoms with Crippen molar-refractivity contribution in [3.05, 3.63) is 179 Å². The summed E-state index contributed by atoms with van der Waals surface area (Å²) < 4.78 is 14.3. The first-order valence-corrected chi connectivity index (χ1v) is 36.1. The predicted octanol–water partition coefficient (Wildman–Crippen LogP) is 21.7. The Labute approximate surface area is 499 Å². The summed E-state index contributed by atoms with van der Waals surface area (Å²) in [5, 5.41) is 1.09. The van der Waals surface area contributed by atoms with Crippen molar-refractivity contribution in [3.63, 3.8) is 0 Å². The normalized spacial score (nSPS) is 20.3. The molecule has 0 spiro atoms. The largest absolute Gasteiger partial charge is 0.230 e. The first-order chi connectivity index (χ1) is 38.5. The van der Waals surface area contributed by atoms with Crippen LogP contribution in [-0.2, 0) is 0 Å². The predicted molar refractivity (Wildman–Crippen MR) is 343 cm³/mol. The maximum atomic E-state index is 5.38. The van der Waals surface area contributed by atoms with E-state index in [1.165, 1.54) is 28.2 Å². The highest BCUT2D eigenvalue weighted by Crippen LogP contribution is 2.68. The summed E-state index contributed by atoms with van der Waals surface area (Å²) in [7, 11) is 0. The molecule has 0 bridgehead atoms. The number of aromatic nitrogens is 6. The summed E-state index contributed by atoms with van der Waals surface area (Å²) in [6.07, 6.45) is 6.22. The molecule has 0 saturated carbocycles. The molecule has 7 aromatic carbocycles. The zero-order valence-corrected chi connectivity index (χ0v) is 50.9. The lowest BCUT2D eigenvalue weighted by molar-refractivity contribution is 0.578. The summed E-state index contributed by atoms with van der Waals surface area (Å²) in [4.78, 5) is 32.3. The molecular weight excluding hydrogens is 1190 g/mol. The van der Waals surface area contributed by atoms with E-state index >= 15 is 0 Å². The zero-order chi connectivity index (χ0) is 51.3. The standard InChI is InChI=1S/C60H42N6S12/c1-7-19-37-31(13-1)61-55(67-37)73-43-25-26-44(74-56-62-32-14-2-8-20-38(32)68-56)50-49(43)51-45(75-57-63-33-15-3-9-21-39(33)69-57)27-28-46(76-58-64-34-16-4-10-22-40(34)70-58)53(51)54-48(78-60-66-36-18-6-12-24-42(36)72-60)30-29-47(52(50)54)77-59-65-35-17-5-11-23-41(35)71-59/h1-24,43-48H,25-30H2/t43-,44-,45-,46-,47-,48-/m0/s1. The van der Waals surface area contributed by atoms with E-state index in [1.54, 1.807) is 33.4 Å². The van der Waals surface area contributed by atoms with Crippen LogP contribution in [0.3, 0.4) is 0 Å². The van der Waals surface area contributed by atoms with Gasteiger partial charge in [-0.25, -0.2) is 29.9 Å². The van der Waals surface area contributed by atoms with Gasteiger partial charge in [0.05, 0.1) is 61.3 Å². The smallest absolute Gasteiger partial charge is 0.151 e. The summed E-state index contributed by atoms with van der Waals surface area (Å²) >= 11 is 23.2. The molecule has 0 radical (unpaired) electrons. The fourth-order valence-electron chi connectivity index (χ4n) is 11.6. The van der Waals surface area contributed by atoms with Gasteiger partial charge in [0.1, 0.15) is 0 Å². The Balaban J connectivity index is 0.971. The first-order valence-electron chi connectivity index (χ1n) is 25.9. The quantitative estimate of drug-likeness (QED) is 0.117. The van der Waals surface area contributed by atoms with Crippen LogP contribution in [0.4, 0.5) is 0 Å². The number of para-hydroxylation sites is 6. The minimum Gasteiger partial charge on any atom is -0.230 e. The number of thiazole rings is 6. The highest BCUT2D eigenvalue weighted by atomic mass is 32.2. The van der Waals surface area contributed by atoms with Gasteiger partial charge in [-0.05, 0) is 145 Å². The van der Waals surface area contributed by atoms with Gasteiger partial charge in [0.25, 0.3) is 0 Å². The average Bonchev–Trinajstić information content (AvgIpc) is 3.66. The third-order valence-corrected chi connectivity index (χ3v) is 29.4. The minimum atomic E-state index is 0.182. The molecule has 13 aromatic rings. The Hall–Kier alpha value is -4.02. The monoisotopic (exact) mass is 1230 g/mol. The van der Waals surface area contributed by atoms with Gasteiger partial charge in [0.15, 0.2) is 26.0 Å². The third-order valence-electron chi connectivity index (χ3n) is 14.9. The van der Waals surface area contributed by atoms with Gasteiger partial charge < -0.3 is 0 Å². The molecule has 0 unspecified atom stereocenters. The van der Waals surface area contributed by atoms with Gasteiger partial charge in [-0.15, -0.1) is 68.0 Å². The number of benzene rings is 7. The van der Waals surface area contributed by atoms with E-state index in [-0.39, 0.29) is 31.5 Å². The Morgan fingerprint density at radius 1 is 0.231 bits per heavy atom. The Morgan fingerprint density at radius 3 is 0.538 bits per heavy atom. The lowest BCUT2D eigenvalue weighted by Gasteiger charge is -2.45. The number of nitrogens with zero attached hydrogens (tertiary/aromatic N) is 6. The van der Waals surface area contributed by atoms with Crippen LogP contribution >= 0.6 is 139 Å². The molecule has 0 saturated heterocycles. The molecule has 0 amide bonds. The second-order valence-electron chi connectivity index (χ2n) is 19.5. The molecule has 0 N–H and O–H groups in total. The molecule has 78 heavy (non-hydrogen) atoms. The van der Waals surface area contributed by atoms with Crippen LogP contribution in [0.1, 0.15) is 103 Å². The van der Waals surface area contributed by atoms with Crippen LogP contribution < -0.4 is 0 Å². The van der Waals surface area contributed by atoms with E-state index in [0.29, 0.717) is 0 Å². The Bertz CT molecular complexity index is 3480. The molecule has 18 heteroatoms. The minimum absolute atomic E-state index is 0.182. The Morgan fingerprint density at radius 2 is 0.385 bits per heavy atom. The van der Waals surface area contributed by atoms with Crippen molar-refractivity contribution in [2.45, 2.75) is 96.1 Å². The van der Waals surface area contributed by atoms with E-state index in [2.05, 4.69) is 146 Å². The average molecular weight is 1230 g/mol. The van der Waals surface area contributed by atoms with Gasteiger partial charge in [-0.2, -0.15) is 0 Å². The van der Waals surface area contributed by atoms with Crippen molar-refractivity contribution in [1.82, 2.24) is 29.9 Å². The molecule has 6 nitrogen and oxygen atoms in total. The molecule has 6 aromatic heterocycles. The summed E-state index contributed by atoms with van der Waals surface area (Å²) in [5.41, 5.74) is 15.8. The van der Waals surface area contributed by atoms with Crippen molar-refractivity contribution >= 4 is 200 Å². The van der Waals surface area contributed by atoms with E-state index < -0.39 is 0 Å². The fraction of sp³-hybridized carbons (Fsp3) is 0.200. The van der Waals surface area contributed by atoms with Crippen LogP contribution in [0.25, 0.3) is 61.3 Å². The Kier molecular flexibility index (Phi) is 13.4. The first kappa shape index (κ1) is 49.8.